The van der Waals surface area contributed by atoms with Crippen LogP contribution in [0.1, 0.15) is 25.7 Å². The number of carbonyl (C=O) groups excluding carboxylic acids is 2. The molecule has 0 saturated carbocycles. The van der Waals surface area contributed by atoms with Crippen molar-refractivity contribution in [1.82, 2.24) is 16.0 Å². The first-order valence-corrected chi connectivity index (χ1v) is 10.7. The molecule has 0 spiro atoms. The zero-order chi connectivity index (χ0) is 19.3. The van der Waals surface area contributed by atoms with Gasteiger partial charge in [0.15, 0.2) is 0 Å². The maximum atomic E-state index is 11.8. The van der Waals surface area contributed by atoms with Gasteiger partial charge >= 0.3 is 6.03 Å². The summed E-state index contributed by atoms with van der Waals surface area (Å²) in [5, 5.41) is 9.26. The van der Waals surface area contributed by atoms with Gasteiger partial charge in [0.1, 0.15) is 0 Å². The normalized spacial score (nSPS) is 23.7. The van der Waals surface area contributed by atoms with Crippen LogP contribution < -0.4 is 16.0 Å². The Hall–Kier alpha value is -1.03. The number of unbranched alkanes of at least 4 members (excludes halogenated alkanes) is 1. The summed E-state index contributed by atoms with van der Waals surface area (Å²) in [6, 6.07) is 0.461. The molecular weight excluding hydrogens is 370 g/mol. The highest BCUT2D eigenvalue weighted by Gasteiger charge is 2.42. The van der Waals surface area contributed by atoms with E-state index in [0.717, 1.165) is 25.0 Å². The minimum Gasteiger partial charge on any atom is -0.379 e. The summed E-state index contributed by atoms with van der Waals surface area (Å²) in [6.07, 6.45) is 3.43. The summed E-state index contributed by atoms with van der Waals surface area (Å²) in [5.74, 6) is 1.04. The van der Waals surface area contributed by atoms with Crippen molar-refractivity contribution in [3.05, 3.63) is 6.92 Å². The lowest BCUT2D eigenvalue weighted by molar-refractivity contribution is -0.121. The van der Waals surface area contributed by atoms with Gasteiger partial charge in [-0.25, -0.2) is 4.79 Å². The molecule has 3 amide bonds. The molecule has 0 aromatic carbocycles. The summed E-state index contributed by atoms with van der Waals surface area (Å²) < 4.78 is 15.8. The average molecular weight is 403 g/mol. The van der Waals surface area contributed by atoms with E-state index in [-0.39, 0.29) is 24.0 Å². The second-order valence-electron chi connectivity index (χ2n) is 6.55. The molecule has 1 radical (unpaired) electrons. The molecular formula is C18H32N3O5S. The summed E-state index contributed by atoms with van der Waals surface area (Å²) in [4.78, 5) is 23.2. The average Bonchev–Trinajstić information content (AvgIpc) is 3.20. The molecule has 9 heteroatoms. The number of urea groups is 1. The lowest BCUT2D eigenvalue weighted by Gasteiger charge is -2.16. The summed E-state index contributed by atoms with van der Waals surface area (Å²) in [5.41, 5.74) is 0. The van der Waals surface area contributed by atoms with Gasteiger partial charge < -0.3 is 30.2 Å². The molecule has 27 heavy (non-hydrogen) atoms. The smallest absolute Gasteiger partial charge is 0.315 e. The van der Waals surface area contributed by atoms with E-state index in [1.807, 2.05) is 11.8 Å². The first-order valence-electron chi connectivity index (χ1n) is 9.68. The molecule has 0 aromatic rings. The number of fused-ring (bicyclic) bond motifs is 1. The van der Waals surface area contributed by atoms with E-state index in [4.69, 9.17) is 14.2 Å². The van der Waals surface area contributed by atoms with Crippen molar-refractivity contribution in [1.29, 1.82) is 0 Å². The molecule has 2 heterocycles. The molecule has 8 nitrogen and oxygen atoms in total. The molecule has 2 saturated heterocycles. The largest absolute Gasteiger partial charge is 0.379 e. The quantitative estimate of drug-likeness (QED) is 0.276. The fourth-order valence-corrected chi connectivity index (χ4v) is 4.71. The number of nitrogens with one attached hydrogen (secondary N) is 3. The molecule has 0 aliphatic carbocycles. The lowest BCUT2D eigenvalue weighted by atomic mass is 10.0. The highest BCUT2D eigenvalue weighted by molar-refractivity contribution is 8.00. The topological polar surface area (TPSA) is 97.9 Å². The summed E-state index contributed by atoms with van der Waals surface area (Å²) >= 11 is 1.91. The van der Waals surface area contributed by atoms with Crippen molar-refractivity contribution < 1.29 is 23.8 Å². The van der Waals surface area contributed by atoms with Gasteiger partial charge in [-0.05, 0) is 19.8 Å². The molecule has 155 valence electrons. The minimum atomic E-state index is -0.0495. The van der Waals surface area contributed by atoms with Gasteiger partial charge in [0.05, 0.1) is 45.1 Å². The van der Waals surface area contributed by atoms with Crippen LogP contribution in [0, 0.1) is 6.92 Å². The molecule has 2 rings (SSSR count). The Morgan fingerprint density at radius 2 is 1.85 bits per heavy atom. The van der Waals surface area contributed by atoms with Crippen LogP contribution in [0.15, 0.2) is 0 Å². The molecule has 2 aliphatic rings. The van der Waals surface area contributed by atoms with Crippen LogP contribution in [0.2, 0.25) is 0 Å². The summed E-state index contributed by atoms with van der Waals surface area (Å²) in [7, 11) is 0. The third-order valence-electron chi connectivity index (χ3n) is 4.54. The second-order valence-corrected chi connectivity index (χ2v) is 7.83. The minimum absolute atomic E-state index is 0.0495. The van der Waals surface area contributed by atoms with Crippen molar-refractivity contribution in [3.63, 3.8) is 0 Å². The second kappa shape index (κ2) is 13.2. The van der Waals surface area contributed by atoms with Gasteiger partial charge in [0.25, 0.3) is 0 Å². The van der Waals surface area contributed by atoms with E-state index >= 15 is 0 Å². The zero-order valence-corrected chi connectivity index (χ0v) is 16.7. The Balaban J connectivity index is 1.36. The van der Waals surface area contributed by atoms with Gasteiger partial charge in [-0.2, -0.15) is 11.8 Å². The van der Waals surface area contributed by atoms with Crippen LogP contribution in [0.3, 0.4) is 0 Å². The Morgan fingerprint density at radius 3 is 2.63 bits per heavy atom. The number of amides is 3. The van der Waals surface area contributed by atoms with Gasteiger partial charge in [-0.3, -0.25) is 4.79 Å². The number of hydrogen-bond donors (Lipinski definition) is 3. The van der Waals surface area contributed by atoms with E-state index in [1.165, 1.54) is 0 Å². The van der Waals surface area contributed by atoms with Crippen molar-refractivity contribution >= 4 is 23.7 Å². The number of hydrogen-bond acceptors (Lipinski definition) is 6. The van der Waals surface area contributed by atoms with Gasteiger partial charge in [-0.1, -0.05) is 6.42 Å². The number of ether oxygens (including phenoxy) is 3. The third-order valence-corrected chi connectivity index (χ3v) is 6.05. The standard InChI is InChI=1S/C18H32N3O5S/c1-2-24-9-10-26-12-11-25-8-7-19-16(22)6-4-3-5-15-17-14(13-27-15)20-18(23)21-17/h14-15,17H,1-13H2,(H,19,22)(H2,20,21,23)/t14-,15-,17-/m0/s1. The van der Waals surface area contributed by atoms with Crippen LogP contribution in [0.25, 0.3) is 0 Å². The van der Waals surface area contributed by atoms with E-state index in [1.54, 1.807) is 0 Å². The van der Waals surface area contributed by atoms with E-state index in [0.29, 0.717) is 57.9 Å². The SMILES string of the molecule is [CH2]COCCOCCOCCNC(=O)CCCC[C@@H]1SC[C@@H]2NC(=O)N[C@@H]21. The van der Waals surface area contributed by atoms with E-state index < -0.39 is 0 Å². The van der Waals surface area contributed by atoms with Crippen molar-refractivity contribution in [2.24, 2.45) is 0 Å². The van der Waals surface area contributed by atoms with Crippen LogP contribution in [0.5, 0.6) is 0 Å². The predicted molar refractivity (Wildman–Crippen MR) is 105 cm³/mol. The predicted octanol–water partition coefficient (Wildman–Crippen LogP) is 0.712. The third kappa shape index (κ3) is 8.68. The maximum Gasteiger partial charge on any atom is 0.315 e. The Labute approximate surface area is 165 Å². The molecule has 0 aromatic heterocycles. The Bertz CT molecular complexity index is 455. The molecule has 3 N–H and O–H groups in total. The van der Waals surface area contributed by atoms with E-state index in [9.17, 15) is 9.59 Å². The molecule has 2 aliphatic heterocycles. The molecule has 0 bridgehead atoms. The van der Waals surface area contributed by atoms with Gasteiger partial charge in [0.2, 0.25) is 5.91 Å². The molecule has 0 unspecified atom stereocenters. The summed E-state index contributed by atoms with van der Waals surface area (Å²) in [6.45, 7) is 7.14. The van der Waals surface area contributed by atoms with Crippen LogP contribution in [-0.4, -0.2) is 81.2 Å². The zero-order valence-electron chi connectivity index (χ0n) is 15.9. The van der Waals surface area contributed by atoms with E-state index in [2.05, 4.69) is 22.9 Å². The maximum absolute atomic E-state index is 11.8. The lowest BCUT2D eigenvalue weighted by Crippen LogP contribution is -2.36. The van der Waals surface area contributed by atoms with Crippen LogP contribution in [-0.2, 0) is 19.0 Å². The van der Waals surface area contributed by atoms with Gasteiger partial charge in [0, 0.05) is 30.6 Å². The fraction of sp³-hybridized carbons (Fsp3) is 0.833. The Morgan fingerprint density at radius 1 is 1.11 bits per heavy atom. The van der Waals surface area contributed by atoms with Crippen molar-refractivity contribution in [2.45, 2.75) is 43.0 Å². The highest BCUT2D eigenvalue weighted by atomic mass is 32.2. The van der Waals surface area contributed by atoms with Crippen molar-refractivity contribution in [3.8, 4) is 0 Å². The highest BCUT2D eigenvalue weighted by Crippen LogP contribution is 2.33. The monoisotopic (exact) mass is 402 g/mol. The number of thioether (sulfide) groups is 1. The van der Waals surface area contributed by atoms with Crippen molar-refractivity contribution in [2.75, 3.05) is 51.9 Å². The van der Waals surface area contributed by atoms with Crippen LogP contribution >= 0.6 is 11.8 Å². The number of carbonyl (C=O) groups is 2. The first kappa shape index (κ1) is 22.3. The Kier molecular flexibility index (Phi) is 10.9. The molecule has 2 fully saturated rings. The number of rotatable bonds is 15. The van der Waals surface area contributed by atoms with Crippen LogP contribution in [0.4, 0.5) is 4.79 Å². The fourth-order valence-electron chi connectivity index (χ4n) is 3.17. The molecule has 3 atom stereocenters. The first-order chi connectivity index (χ1) is 13.2. The van der Waals surface area contributed by atoms with Gasteiger partial charge in [-0.15, -0.1) is 0 Å².